The maximum atomic E-state index is 14.3. The highest BCUT2D eigenvalue weighted by Crippen LogP contribution is 2.50. The van der Waals surface area contributed by atoms with Gasteiger partial charge in [-0.2, -0.15) is 13.2 Å². The zero-order valence-electron chi connectivity index (χ0n) is 22.1. The first kappa shape index (κ1) is 25.9. The Hall–Kier alpha value is -3.34. The Bertz CT molecular complexity index is 1450. The monoisotopic (exact) mass is 542 g/mol. The lowest BCUT2D eigenvalue weighted by Gasteiger charge is -2.43. The predicted molar refractivity (Wildman–Crippen MR) is 136 cm³/mol. The molecule has 2 fully saturated rings. The molecule has 0 atom stereocenters. The number of alkyl halides is 4. The van der Waals surface area contributed by atoms with Crippen LogP contribution in [0.3, 0.4) is 0 Å². The fraction of sp³-hybridized carbons (Fsp3) is 0.500. The van der Waals surface area contributed by atoms with E-state index in [9.17, 15) is 22.4 Å². The Morgan fingerprint density at radius 2 is 1.90 bits per heavy atom. The lowest BCUT2D eigenvalue weighted by atomic mass is 9.62. The molecule has 206 valence electrons. The van der Waals surface area contributed by atoms with Crippen LogP contribution in [0, 0.1) is 6.92 Å². The highest BCUT2D eigenvalue weighted by molar-refractivity contribution is 6.10. The average Bonchev–Trinajstić information content (AvgIpc) is 3.41. The number of hydrogen-bond donors (Lipinski definition) is 1. The molecule has 0 saturated heterocycles. The minimum atomic E-state index is -4.61. The van der Waals surface area contributed by atoms with Gasteiger partial charge in [0.1, 0.15) is 24.1 Å². The molecule has 0 bridgehead atoms. The van der Waals surface area contributed by atoms with Gasteiger partial charge in [-0.3, -0.25) is 9.69 Å². The van der Waals surface area contributed by atoms with E-state index in [1.54, 1.807) is 37.0 Å². The van der Waals surface area contributed by atoms with E-state index >= 15 is 0 Å². The van der Waals surface area contributed by atoms with Crippen LogP contribution in [0.1, 0.15) is 83.2 Å². The van der Waals surface area contributed by atoms with Gasteiger partial charge in [-0.05, 0) is 86.9 Å². The number of fused-ring (bicyclic) bond motifs is 1. The minimum absolute atomic E-state index is 0.0423. The largest absolute Gasteiger partial charge is 0.416 e. The van der Waals surface area contributed by atoms with Gasteiger partial charge in [0.05, 0.1) is 17.5 Å². The van der Waals surface area contributed by atoms with Crippen LogP contribution >= 0.6 is 0 Å². The second kappa shape index (κ2) is 8.84. The number of pyridine rings is 1. The predicted octanol–water partition coefficient (Wildman–Crippen LogP) is 5.15. The summed E-state index contributed by atoms with van der Waals surface area (Å²) in [6.45, 7) is 3.82. The number of nitrogens with zero attached hydrogens (tertiary/aromatic N) is 5. The molecule has 1 N–H and O–H groups in total. The summed E-state index contributed by atoms with van der Waals surface area (Å²) >= 11 is 0. The van der Waals surface area contributed by atoms with Crippen molar-refractivity contribution in [1.29, 1.82) is 0 Å². The summed E-state index contributed by atoms with van der Waals surface area (Å²) < 4.78 is 58.6. The average molecular weight is 543 g/mol. The first-order chi connectivity index (χ1) is 18.4. The molecular weight excluding hydrogens is 512 g/mol. The third-order valence-corrected chi connectivity index (χ3v) is 8.63. The van der Waals surface area contributed by atoms with Crippen LogP contribution < -0.4 is 10.2 Å². The van der Waals surface area contributed by atoms with Gasteiger partial charge in [0.2, 0.25) is 0 Å². The van der Waals surface area contributed by atoms with Crippen LogP contribution in [0.15, 0.2) is 30.6 Å². The van der Waals surface area contributed by atoms with Crippen molar-refractivity contribution in [1.82, 2.24) is 25.1 Å². The molecule has 0 unspecified atom stereocenters. The summed E-state index contributed by atoms with van der Waals surface area (Å²) in [5, 5.41) is 11.6. The molecule has 0 radical (unpaired) electrons. The fourth-order valence-electron chi connectivity index (χ4n) is 6.23. The number of aromatic nitrogens is 4. The highest BCUT2D eigenvalue weighted by Gasteiger charge is 2.51. The van der Waals surface area contributed by atoms with Crippen LogP contribution in [-0.2, 0) is 31.7 Å². The fourth-order valence-corrected chi connectivity index (χ4v) is 6.23. The van der Waals surface area contributed by atoms with E-state index in [2.05, 4.69) is 27.4 Å². The molecule has 39 heavy (non-hydrogen) atoms. The minimum Gasteiger partial charge on any atom is -0.320 e. The van der Waals surface area contributed by atoms with E-state index in [1.165, 1.54) is 4.90 Å². The number of carbonyl (C=O) groups excluding carboxylic acids is 1. The van der Waals surface area contributed by atoms with E-state index in [-0.39, 0.29) is 48.4 Å². The number of halogens is 4. The van der Waals surface area contributed by atoms with Gasteiger partial charge >= 0.3 is 6.18 Å². The van der Waals surface area contributed by atoms with Crippen LogP contribution in [0.25, 0.3) is 0 Å². The van der Waals surface area contributed by atoms with Crippen molar-refractivity contribution in [3.8, 4) is 0 Å². The van der Waals surface area contributed by atoms with Crippen LogP contribution in [0.4, 0.5) is 23.4 Å². The molecule has 1 aliphatic heterocycles. The highest BCUT2D eigenvalue weighted by atomic mass is 19.4. The normalized spacial score (nSPS) is 23.9. The third-order valence-electron chi connectivity index (χ3n) is 8.63. The number of aryl methyl sites for hydroxylation is 2. The van der Waals surface area contributed by atoms with Gasteiger partial charge in [-0.15, -0.1) is 10.2 Å². The Balaban J connectivity index is 1.37. The summed E-state index contributed by atoms with van der Waals surface area (Å²) in [5.41, 5.74) is 0.0660. The molecule has 0 spiro atoms. The van der Waals surface area contributed by atoms with Crippen molar-refractivity contribution < 1.29 is 22.4 Å². The van der Waals surface area contributed by atoms with Gasteiger partial charge in [0, 0.05) is 30.4 Å². The lowest BCUT2D eigenvalue weighted by Crippen LogP contribution is -2.47. The van der Waals surface area contributed by atoms with Crippen molar-refractivity contribution in [3.63, 3.8) is 0 Å². The number of nitrogens with one attached hydrogen (secondary N) is 1. The molecule has 2 aliphatic carbocycles. The van der Waals surface area contributed by atoms with E-state index in [0.717, 1.165) is 25.3 Å². The van der Waals surface area contributed by atoms with Gasteiger partial charge < -0.3 is 9.88 Å². The Morgan fingerprint density at radius 3 is 2.49 bits per heavy atom. The Labute approximate surface area is 223 Å². The van der Waals surface area contributed by atoms with E-state index in [1.807, 2.05) is 6.07 Å². The van der Waals surface area contributed by atoms with Gasteiger partial charge in [0.15, 0.2) is 0 Å². The zero-order valence-corrected chi connectivity index (χ0v) is 22.1. The molecule has 1 amide bonds. The topological polar surface area (TPSA) is 75.9 Å². The standard InChI is InChI=1S/C28H30F4N6O/c1-16-7-18(27(11-19(29)12-27)25-36-34-15-37(25)3)10-23(35-16)38-14-21-20(24(38)39)8-17(9-22(21)28(30,31)32)13-33-26(2)5-4-6-26/h7-10,15,19,33H,4-6,11-14H2,1-3H3. The quantitative estimate of drug-likeness (QED) is 0.436. The third kappa shape index (κ3) is 4.31. The second-order valence-electron chi connectivity index (χ2n) is 11.5. The molecule has 6 rings (SSSR count). The van der Waals surface area contributed by atoms with Crippen molar-refractivity contribution in [3.05, 3.63) is 69.9 Å². The summed E-state index contributed by atoms with van der Waals surface area (Å²) in [7, 11) is 1.79. The molecule has 2 saturated carbocycles. The summed E-state index contributed by atoms with van der Waals surface area (Å²) in [6.07, 6.45) is -0.652. The summed E-state index contributed by atoms with van der Waals surface area (Å²) in [5.74, 6) is 0.311. The van der Waals surface area contributed by atoms with E-state index in [4.69, 9.17) is 0 Å². The number of benzene rings is 1. The van der Waals surface area contributed by atoms with Crippen molar-refractivity contribution in [2.45, 2.75) is 82.3 Å². The molecule has 7 nitrogen and oxygen atoms in total. The number of amides is 1. The molecule has 3 aliphatic rings. The molecule has 11 heteroatoms. The Kier molecular flexibility index (Phi) is 5.87. The summed E-state index contributed by atoms with van der Waals surface area (Å²) in [4.78, 5) is 19.4. The number of rotatable bonds is 6. The summed E-state index contributed by atoms with van der Waals surface area (Å²) in [6, 6.07) is 6.23. The number of hydrogen-bond acceptors (Lipinski definition) is 5. The van der Waals surface area contributed by atoms with Gasteiger partial charge in [-0.25, -0.2) is 9.37 Å². The maximum absolute atomic E-state index is 14.3. The van der Waals surface area contributed by atoms with E-state index in [0.29, 0.717) is 22.6 Å². The SMILES string of the molecule is Cc1cc(C2(c3nncn3C)CC(F)C2)cc(N2Cc3c(cc(CNC4(C)CCC4)cc3C(F)(F)F)C2=O)n1. The second-order valence-corrected chi connectivity index (χ2v) is 11.5. The molecule has 3 aromatic rings. The molecule has 1 aromatic carbocycles. The van der Waals surface area contributed by atoms with Crippen LogP contribution in [-0.4, -0.2) is 37.4 Å². The molecule has 2 aromatic heterocycles. The van der Waals surface area contributed by atoms with Crippen LogP contribution in [0.5, 0.6) is 0 Å². The van der Waals surface area contributed by atoms with Crippen LogP contribution in [0.2, 0.25) is 0 Å². The molecular formula is C28H30F4N6O. The Morgan fingerprint density at radius 1 is 1.15 bits per heavy atom. The zero-order chi connectivity index (χ0) is 27.7. The number of carbonyl (C=O) groups is 1. The lowest BCUT2D eigenvalue weighted by molar-refractivity contribution is -0.138. The number of anilines is 1. The molecule has 3 heterocycles. The van der Waals surface area contributed by atoms with Crippen molar-refractivity contribution in [2.24, 2.45) is 7.05 Å². The first-order valence-corrected chi connectivity index (χ1v) is 13.2. The van der Waals surface area contributed by atoms with Crippen molar-refractivity contribution in [2.75, 3.05) is 4.90 Å². The van der Waals surface area contributed by atoms with Gasteiger partial charge in [0.25, 0.3) is 5.91 Å². The van der Waals surface area contributed by atoms with Crippen molar-refractivity contribution >= 4 is 11.7 Å². The van der Waals surface area contributed by atoms with Gasteiger partial charge in [-0.1, -0.05) is 0 Å². The van der Waals surface area contributed by atoms with E-state index < -0.39 is 29.2 Å². The maximum Gasteiger partial charge on any atom is 0.416 e. The first-order valence-electron chi connectivity index (χ1n) is 13.2. The smallest absolute Gasteiger partial charge is 0.320 e.